The van der Waals surface area contributed by atoms with E-state index in [4.69, 9.17) is 25.8 Å². The highest BCUT2D eigenvalue weighted by Crippen LogP contribution is 2.47. The molecule has 2 fully saturated rings. The second kappa shape index (κ2) is 16.6. The van der Waals surface area contributed by atoms with Crippen LogP contribution in [-0.2, 0) is 25.9 Å². The van der Waals surface area contributed by atoms with Crippen LogP contribution in [0, 0.1) is 17.8 Å². The van der Waals surface area contributed by atoms with E-state index in [-0.39, 0.29) is 17.8 Å². The van der Waals surface area contributed by atoms with Gasteiger partial charge in [-0.25, -0.2) is 13.1 Å². The molecule has 0 unspecified atom stereocenters. The smallest absolute Gasteiger partial charge is 0.264 e. The highest BCUT2D eigenvalue weighted by molar-refractivity contribution is 7.90. The Bertz CT molecular complexity index is 1660. The van der Waals surface area contributed by atoms with Gasteiger partial charge in [0.25, 0.3) is 5.91 Å². The van der Waals surface area contributed by atoms with Crippen molar-refractivity contribution >= 4 is 33.2 Å². The molecule has 2 bridgehead atoms. The number of ether oxygens (including phenoxy) is 3. The number of hydrogen-bond donors (Lipinski definition) is 1. The average Bonchev–Trinajstić information content (AvgIpc) is 3.27. The van der Waals surface area contributed by atoms with Crippen molar-refractivity contribution in [3.63, 3.8) is 0 Å². The van der Waals surface area contributed by atoms with Crippen molar-refractivity contribution in [2.45, 2.75) is 83.0 Å². The molecular formula is C40H56ClN3O6S. The second-order valence-corrected chi connectivity index (χ2v) is 17.7. The van der Waals surface area contributed by atoms with Gasteiger partial charge < -0.3 is 19.1 Å². The zero-order valence-electron chi connectivity index (χ0n) is 30.7. The zero-order chi connectivity index (χ0) is 36.2. The van der Waals surface area contributed by atoms with Gasteiger partial charge in [0.1, 0.15) is 5.75 Å². The summed E-state index contributed by atoms with van der Waals surface area (Å²) in [6, 6.07) is 11.5. The third-order valence-electron chi connectivity index (χ3n) is 11.8. The first-order valence-electron chi connectivity index (χ1n) is 18.9. The summed E-state index contributed by atoms with van der Waals surface area (Å²) in [6.45, 7) is 14.7. The number of anilines is 1. The van der Waals surface area contributed by atoms with Gasteiger partial charge in [-0.1, -0.05) is 50.1 Å². The van der Waals surface area contributed by atoms with Crippen LogP contribution >= 0.6 is 11.6 Å². The number of halogens is 1. The van der Waals surface area contributed by atoms with Crippen molar-refractivity contribution in [1.29, 1.82) is 0 Å². The van der Waals surface area contributed by atoms with Gasteiger partial charge in [0, 0.05) is 49.2 Å². The van der Waals surface area contributed by atoms with Gasteiger partial charge in [0.2, 0.25) is 10.0 Å². The number of nitrogens with zero attached hydrogens (tertiary/aromatic N) is 2. The Balaban J connectivity index is 1.35. The summed E-state index contributed by atoms with van der Waals surface area (Å²) in [4.78, 5) is 18.3. The number of amides is 1. The van der Waals surface area contributed by atoms with Crippen molar-refractivity contribution in [2.24, 2.45) is 17.8 Å². The Morgan fingerprint density at radius 1 is 1.08 bits per heavy atom. The van der Waals surface area contributed by atoms with E-state index >= 15 is 0 Å². The number of rotatable bonds is 8. The number of fused-ring (bicyclic) bond motifs is 2. The quantitative estimate of drug-likeness (QED) is 0.294. The molecule has 1 aliphatic carbocycles. The number of nitrogens with one attached hydrogen (secondary N) is 1. The molecule has 6 atom stereocenters. The van der Waals surface area contributed by atoms with E-state index < -0.39 is 26.8 Å². The summed E-state index contributed by atoms with van der Waals surface area (Å²) in [6.07, 6.45) is 10.1. The van der Waals surface area contributed by atoms with E-state index in [1.807, 2.05) is 25.1 Å². The standard InChI is InChI=1S/C40H56ClN3O6S/c1-5-6-9-30-23-34(41)12-13-35(30)33-26-44-25-32-10-14-36(32)40(4,50-22-19-43-17-20-48-21-18-43)16-7-8-28(2)29(3)51(46,47)42-39(45)31-11-15-38(49-27-33)37(44)24-31/h7,11-13,15-16,23-24,28-29,32-33,36H,5-6,8-10,14,17-22,25-27H2,1-4H3,(H,42,45)/b16-7+/t28-,29+,32-,33-,36+,40-/m0/s1. The van der Waals surface area contributed by atoms with Crippen LogP contribution in [0.2, 0.25) is 5.02 Å². The van der Waals surface area contributed by atoms with Crippen LogP contribution in [0.1, 0.15) is 87.2 Å². The Kier molecular flexibility index (Phi) is 12.4. The van der Waals surface area contributed by atoms with E-state index in [0.29, 0.717) is 43.4 Å². The normalized spacial score (nSPS) is 30.6. The third-order valence-corrected chi connectivity index (χ3v) is 14.0. The van der Waals surface area contributed by atoms with Crippen molar-refractivity contribution in [1.82, 2.24) is 9.62 Å². The van der Waals surface area contributed by atoms with Gasteiger partial charge in [-0.3, -0.25) is 9.69 Å². The monoisotopic (exact) mass is 741 g/mol. The summed E-state index contributed by atoms with van der Waals surface area (Å²) in [7, 11) is -3.94. The summed E-state index contributed by atoms with van der Waals surface area (Å²) >= 11 is 6.50. The van der Waals surface area contributed by atoms with Gasteiger partial charge in [0.15, 0.2) is 0 Å². The molecule has 2 aromatic rings. The molecule has 0 radical (unpaired) electrons. The lowest BCUT2D eigenvalue weighted by Gasteiger charge is -2.49. The molecule has 9 nitrogen and oxygen atoms in total. The molecule has 1 amide bonds. The topological polar surface area (TPSA) is 97.4 Å². The van der Waals surface area contributed by atoms with E-state index in [1.165, 1.54) is 11.1 Å². The second-order valence-electron chi connectivity index (χ2n) is 15.3. The minimum Gasteiger partial charge on any atom is -0.491 e. The molecule has 0 spiro atoms. The van der Waals surface area contributed by atoms with Crippen molar-refractivity contribution < 1.29 is 27.4 Å². The molecule has 1 saturated carbocycles. The van der Waals surface area contributed by atoms with Crippen LogP contribution in [0.25, 0.3) is 0 Å². The minimum absolute atomic E-state index is 0.0710. The van der Waals surface area contributed by atoms with Gasteiger partial charge in [0.05, 0.1) is 43.0 Å². The molecule has 4 aliphatic rings. The zero-order valence-corrected chi connectivity index (χ0v) is 32.3. The molecule has 1 N–H and O–H groups in total. The Morgan fingerprint density at radius 3 is 2.63 bits per heavy atom. The number of carbonyl (C=O) groups is 1. The van der Waals surface area contributed by atoms with E-state index in [0.717, 1.165) is 82.2 Å². The van der Waals surface area contributed by atoms with Crippen LogP contribution in [0.15, 0.2) is 48.6 Å². The molecule has 0 aromatic heterocycles. The SMILES string of the molecule is CCCCc1cc(Cl)ccc1[C@@H]1COc2ccc3cc2N(C1)C[C@@H]1CC[C@H]1[C@@](C)(OCCN1CCOCC1)/C=C/C[C@H](C)[C@@H](C)S(=O)(=O)NC3=O. The molecular weight excluding hydrogens is 686 g/mol. The van der Waals surface area contributed by atoms with Crippen LogP contribution in [0.4, 0.5) is 5.69 Å². The van der Waals surface area contributed by atoms with Gasteiger partial charge >= 0.3 is 0 Å². The first-order chi connectivity index (χ1) is 24.5. The van der Waals surface area contributed by atoms with E-state index in [9.17, 15) is 13.2 Å². The maximum absolute atomic E-state index is 13.5. The molecule has 1 saturated heterocycles. The summed E-state index contributed by atoms with van der Waals surface area (Å²) in [5, 5.41) is -0.0352. The molecule has 51 heavy (non-hydrogen) atoms. The number of morpholine rings is 1. The van der Waals surface area contributed by atoms with Crippen molar-refractivity contribution in [2.75, 3.05) is 64.1 Å². The fourth-order valence-corrected chi connectivity index (χ4v) is 9.65. The van der Waals surface area contributed by atoms with Crippen molar-refractivity contribution in [3.8, 4) is 5.75 Å². The first-order valence-corrected chi connectivity index (χ1v) is 20.9. The highest BCUT2D eigenvalue weighted by Gasteiger charge is 2.45. The fraction of sp³-hybridized carbons (Fsp3) is 0.625. The average molecular weight is 742 g/mol. The van der Waals surface area contributed by atoms with E-state index in [1.54, 1.807) is 13.0 Å². The van der Waals surface area contributed by atoms with Gasteiger partial charge in [-0.15, -0.1) is 0 Å². The first kappa shape index (κ1) is 38.1. The summed E-state index contributed by atoms with van der Waals surface area (Å²) < 4.78 is 48.3. The van der Waals surface area contributed by atoms with Crippen LogP contribution in [0.3, 0.4) is 0 Å². The minimum atomic E-state index is -3.94. The Morgan fingerprint density at radius 2 is 1.88 bits per heavy atom. The van der Waals surface area contributed by atoms with Gasteiger partial charge in [-0.05, 0) is 105 Å². The number of aryl methyl sites for hydroxylation is 1. The molecule has 3 heterocycles. The fourth-order valence-electron chi connectivity index (χ4n) is 8.17. The molecule has 11 heteroatoms. The Labute approximate surface area is 310 Å². The Hall–Kier alpha value is -2.63. The lowest BCUT2D eigenvalue weighted by molar-refractivity contribution is -0.0937. The number of hydrogen-bond acceptors (Lipinski definition) is 8. The molecule has 280 valence electrons. The van der Waals surface area contributed by atoms with Crippen LogP contribution in [-0.4, -0.2) is 89.2 Å². The number of allylic oxidation sites excluding steroid dienone is 1. The maximum atomic E-state index is 13.5. The number of carbonyl (C=O) groups excluding carboxylic acids is 1. The van der Waals surface area contributed by atoms with Crippen molar-refractivity contribution in [3.05, 3.63) is 70.3 Å². The third kappa shape index (κ3) is 8.95. The lowest BCUT2D eigenvalue weighted by Crippen LogP contribution is -2.51. The van der Waals surface area contributed by atoms with E-state index in [2.05, 4.69) is 52.7 Å². The van der Waals surface area contributed by atoms with Crippen LogP contribution in [0.5, 0.6) is 5.75 Å². The summed E-state index contributed by atoms with van der Waals surface area (Å²) in [5.41, 5.74) is 3.09. The maximum Gasteiger partial charge on any atom is 0.264 e. The highest BCUT2D eigenvalue weighted by atomic mass is 35.5. The molecule has 6 rings (SSSR count). The molecule has 2 aromatic carbocycles. The largest absolute Gasteiger partial charge is 0.491 e. The van der Waals surface area contributed by atoms with Crippen LogP contribution < -0.4 is 14.4 Å². The number of unbranched alkanes of at least 4 members (excludes halogenated alkanes) is 1. The predicted octanol–water partition coefficient (Wildman–Crippen LogP) is 6.84. The number of sulfonamides is 1. The lowest BCUT2D eigenvalue weighted by atomic mass is 9.64. The summed E-state index contributed by atoms with van der Waals surface area (Å²) in [5.74, 6) is 0.559. The molecule has 3 aliphatic heterocycles. The number of benzene rings is 2. The predicted molar refractivity (Wildman–Crippen MR) is 204 cm³/mol. The van der Waals surface area contributed by atoms with Gasteiger partial charge in [-0.2, -0.15) is 0 Å².